The van der Waals surface area contributed by atoms with Gasteiger partial charge in [0, 0.05) is 66.7 Å². The summed E-state index contributed by atoms with van der Waals surface area (Å²) in [5, 5.41) is 8.64. The van der Waals surface area contributed by atoms with Crippen molar-refractivity contribution in [2.24, 2.45) is 0 Å². The van der Waals surface area contributed by atoms with Crippen molar-refractivity contribution in [1.82, 2.24) is 14.9 Å². The van der Waals surface area contributed by atoms with E-state index in [0.717, 1.165) is 49.2 Å². The van der Waals surface area contributed by atoms with Crippen molar-refractivity contribution in [1.29, 1.82) is 0 Å². The molecule has 9 nitrogen and oxygen atoms in total. The van der Waals surface area contributed by atoms with E-state index >= 15 is 0 Å². The lowest BCUT2D eigenvalue weighted by atomic mass is 10.1. The molecule has 0 spiro atoms. The lowest BCUT2D eigenvalue weighted by molar-refractivity contribution is -0.111. The van der Waals surface area contributed by atoms with Gasteiger partial charge in [0.05, 0.1) is 41.3 Å². The fourth-order valence-corrected chi connectivity index (χ4v) is 5.63. The average Bonchev–Trinajstić information content (AvgIpc) is 3.02. The van der Waals surface area contributed by atoms with Gasteiger partial charge in [0.2, 0.25) is 5.91 Å². The van der Waals surface area contributed by atoms with Crippen LogP contribution in [-0.2, 0) is 4.79 Å². The summed E-state index contributed by atoms with van der Waals surface area (Å²) < 4.78 is 10.8. The molecule has 5 rings (SSSR count). The second kappa shape index (κ2) is 12.9. The van der Waals surface area contributed by atoms with Crippen LogP contribution in [0.5, 0.6) is 11.5 Å². The lowest BCUT2D eigenvalue weighted by Crippen LogP contribution is -2.46. The minimum absolute atomic E-state index is 0.291. The van der Waals surface area contributed by atoms with Crippen molar-refractivity contribution in [3.8, 4) is 22.8 Å². The zero-order valence-electron chi connectivity index (χ0n) is 23.7. The Labute approximate surface area is 255 Å². The van der Waals surface area contributed by atoms with Crippen LogP contribution in [0.1, 0.15) is 6.92 Å². The van der Waals surface area contributed by atoms with E-state index in [1.165, 1.54) is 20.3 Å². The summed E-state index contributed by atoms with van der Waals surface area (Å²) in [6.45, 7) is 10.7. The summed E-state index contributed by atoms with van der Waals surface area (Å²) in [7, 11) is 3.06. The van der Waals surface area contributed by atoms with E-state index in [1.807, 2.05) is 24.3 Å². The number of piperazine rings is 1. The molecule has 2 aromatic carbocycles. The third-order valence-electron chi connectivity index (χ3n) is 7.33. The SMILES string of the molecule is C=CC(=O)Nc1cc(N2CCN(CC)CC2)ccc1Nc1cc2cnc(-c3c(Cl)c(OC)cc(OC)c3Cl)cc2cn1. The Morgan fingerprint density at radius 3 is 2.26 bits per heavy atom. The van der Waals surface area contributed by atoms with Crippen LogP contribution in [0.25, 0.3) is 22.0 Å². The summed E-state index contributed by atoms with van der Waals surface area (Å²) in [6, 6.07) is 11.4. The molecule has 0 bridgehead atoms. The van der Waals surface area contributed by atoms with Crippen LogP contribution < -0.4 is 25.0 Å². The van der Waals surface area contributed by atoms with Gasteiger partial charge < -0.3 is 29.9 Å². The maximum Gasteiger partial charge on any atom is 0.247 e. The molecular formula is C31H32Cl2N6O3. The number of hydrogen-bond acceptors (Lipinski definition) is 8. The third kappa shape index (κ3) is 6.09. The molecule has 42 heavy (non-hydrogen) atoms. The second-order valence-electron chi connectivity index (χ2n) is 9.74. The Balaban J connectivity index is 1.44. The standard InChI is InChI=1S/C31H32Cl2N6O3/c1-5-28(40)37-23-15-21(39-11-9-38(6-2)10-12-39)7-8-22(23)36-27-14-20-17-34-24(13-19(20)18-35-27)29-30(32)25(41-3)16-26(42-4)31(29)33/h5,7-8,13-18H,1,6,9-12H2,2-4H3,(H,35,36)(H,37,40). The van der Waals surface area contributed by atoms with Crippen molar-refractivity contribution in [3.05, 3.63) is 71.5 Å². The monoisotopic (exact) mass is 606 g/mol. The van der Waals surface area contributed by atoms with Gasteiger partial charge in [-0.05, 0) is 43.0 Å². The fourth-order valence-electron chi connectivity index (χ4n) is 4.94. The van der Waals surface area contributed by atoms with Gasteiger partial charge in [-0.15, -0.1) is 0 Å². The Hall–Kier alpha value is -4.05. The fraction of sp³-hybridized carbons (Fsp3) is 0.258. The Kier molecular flexibility index (Phi) is 9.01. The first-order valence-corrected chi connectivity index (χ1v) is 14.3. The second-order valence-corrected chi connectivity index (χ2v) is 10.5. The largest absolute Gasteiger partial charge is 0.495 e. The van der Waals surface area contributed by atoms with E-state index < -0.39 is 0 Å². The molecule has 3 heterocycles. The molecule has 0 aliphatic carbocycles. The van der Waals surface area contributed by atoms with Gasteiger partial charge in [0.25, 0.3) is 0 Å². The van der Waals surface area contributed by atoms with Gasteiger partial charge in [0.15, 0.2) is 0 Å². The topological polar surface area (TPSA) is 91.9 Å². The van der Waals surface area contributed by atoms with Crippen LogP contribution >= 0.6 is 23.2 Å². The van der Waals surface area contributed by atoms with Crippen LogP contribution in [0.3, 0.4) is 0 Å². The molecule has 0 unspecified atom stereocenters. The van der Waals surface area contributed by atoms with E-state index in [0.29, 0.717) is 50.0 Å². The van der Waals surface area contributed by atoms with Gasteiger partial charge in [-0.1, -0.05) is 36.7 Å². The molecule has 0 radical (unpaired) electrons. The molecule has 11 heteroatoms. The number of ether oxygens (including phenoxy) is 2. The number of fused-ring (bicyclic) bond motifs is 1. The zero-order chi connectivity index (χ0) is 29.8. The Bertz CT molecular complexity index is 1610. The highest BCUT2D eigenvalue weighted by molar-refractivity contribution is 6.41. The van der Waals surface area contributed by atoms with Gasteiger partial charge in [-0.3, -0.25) is 9.78 Å². The van der Waals surface area contributed by atoms with Crippen LogP contribution in [0.15, 0.2) is 61.4 Å². The normalized spacial score (nSPS) is 13.6. The van der Waals surface area contributed by atoms with Crippen LogP contribution in [0, 0.1) is 0 Å². The number of anilines is 4. The number of amides is 1. The zero-order valence-corrected chi connectivity index (χ0v) is 25.2. The molecule has 0 saturated carbocycles. The Morgan fingerprint density at radius 1 is 0.952 bits per heavy atom. The van der Waals surface area contributed by atoms with Crippen LogP contribution in [-0.4, -0.2) is 67.7 Å². The lowest BCUT2D eigenvalue weighted by Gasteiger charge is -2.35. The highest BCUT2D eigenvalue weighted by atomic mass is 35.5. The summed E-state index contributed by atoms with van der Waals surface area (Å²) in [5.41, 5.74) is 3.46. The van der Waals surface area contributed by atoms with E-state index in [4.69, 9.17) is 32.7 Å². The smallest absolute Gasteiger partial charge is 0.247 e. The minimum atomic E-state index is -0.291. The quantitative estimate of drug-likeness (QED) is 0.205. The van der Waals surface area contributed by atoms with Crippen molar-refractivity contribution >= 4 is 62.8 Å². The number of rotatable bonds is 9. The van der Waals surface area contributed by atoms with E-state index in [9.17, 15) is 4.79 Å². The molecule has 2 N–H and O–H groups in total. The summed E-state index contributed by atoms with van der Waals surface area (Å²) in [4.78, 5) is 26.3. The number of benzene rings is 2. The molecule has 1 saturated heterocycles. The summed E-state index contributed by atoms with van der Waals surface area (Å²) in [5.74, 6) is 1.16. The molecule has 218 valence electrons. The van der Waals surface area contributed by atoms with Crippen molar-refractivity contribution in [2.75, 3.05) is 62.5 Å². The molecule has 1 aliphatic rings. The number of pyridine rings is 2. The van der Waals surface area contributed by atoms with Crippen molar-refractivity contribution in [2.45, 2.75) is 6.92 Å². The van der Waals surface area contributed by atoms with Gasteiger partial charge in [-0.25, -0.2) is 4.98 Å². The highest BCUT2D eigenvalue weighted by Crippen LogP contribution is 2.45. The predicted molar refractivity (Wildman–Crippen MR) is 171 cm³/mol. The Morgan fingerprint density at radius 2 is 1.62 bits per heavy atom. The molecule has 1 amide bonds. The number of nitrogens with zero attached hydrogens (tertiary/aromatic N) is 4. The number of halogens is 2. The predicted octanol–water partition coefficient (Wildman–Crippen LogP) is 6.63. The molecule has 1 aliphatic heterocycles. The molecule has 1 fully saturated rings. The minimum Gasteiger partial charge on any atom is -0.495 e. The van der Waals surface area contributed by atoms with Crippen LogP contribution in [0.2, 0.25) is 10.0 Å². The number of methoxy groups -OCH3 is 2. The number of aromatic nitrogens is 2. The summed E-state index contributed by atoms with van der Waals surface area (Å²) >= 11 is 13.2. The number of nitrogens with one attached hydrogen (secondary N) is 2. The number of likely N-dealkylation sites (N-methyl/N-ethyl adjacent to an activating group) is 1. The molecule has 4 aromatic rings. The van der Waals surface area contributed by atoms with Crippen molar-refractivity contribution in [3.63, 3.8) is 0 Å². The first-order chi connectivity index (χ1) is 20.3. The van der Waals surface area contributed by atoms with Gasteiger partial charge in [0.1, 0.15) is 17.3 Å². The first-order valence-electron chi connectivity index (χ1n) is 13.5. The summed E-state index contributed by atoms with van der Waals surface area (Å²) in [6.07, 6.45) is 4.73. The third-order valence-corrected chi connectivity index (χ3v) is 8.08. The molecule has 0 atom stereocenters. The maximum absolute atomic E-state index is 12.3. The number of carbonyl (C=O) groups is 1. The van der Waals surface area contributed by atoms with Crippen molar-refractivity contribution < 1.29 is 14.3 Å². The number of hydrogen-bond donors (Lipinski definition) is 2. The van der Waals surface area contributed by atoms with E-state index in [1.54, 1.807) is 18.5 Å². The van der Waals surface area contributed by atoms with E-state index in [2.05, 4.69) is 50.0 Å². The first kappa shape index (κ1) is 29.4. The average molecular weight is 608 g/mol. The van der Waals surface area contributed by atoms with Gasteiger partial charge in [-0.2, -0.15) is 0 Å². The van der Waals surface area contributed by atoms with Gasteiger partial charge >= 0.3 is 0 Å². The number of carbonyl (C=O) groups excluding carboxylic acids is 1. The maximum atomic E-state index is 12.3. The molecule has 2 aromatic heterocycles. The van der Waals surface area contributed by atoms with E-state index in [-0.39, 0.29) is 5.91 Å². The van der Waals surface area contributed by atoms with Crippen LogP contribution in [0.4, 0.5) is 22.9 Å². The highest BCUT2D eigenvalue weighted by Gasteiger charge is 2.21. The molecular weight excluding hydrogens is 575 g/mol.